The second kappa shape index (κ2) is 6.15. The number of aliphatic hydroxyl groups is 1. The SMILES string of the molecule is CS(=O)(=O)c1c(CO)cccc1Nc1nc(Cl)ncc1Cl. The third kappa shape index (κ3) is 3.62. The molecule has 0 aliphatic heterocycles. The Morgan fingerprint density at radius 3 is 2.67 bits per heavy atom. The summed E-state index contributed by atoms with van der Waals surface area (Å²) in [5, 5.41) is 12.3. The number of rotatable bonds is 4. The maximum Gasteiger partial charge on any atom is 0.224 e. The van der Waals surface area contributed by atoms with Crippen LogP contribution in [0, 0.1) is 0 Å². The average Bonchev–Trinajstić information content (AvgIpc) is 2.41. The fraction of sp³-hybridized carbons (Fsp3) is 0.167. The summed E-state index contributed by atoms with van der Waals surface area (Å²) >= 11 is 11.6. The van der Waals surface area contributed by atoms with Gasteiger partial charge in [0.05, 0.1) is 23.4 Å². The Bertz CT molecular complexity index is 781. The van der Waals surface area contributed by atoms with Crippen molar-refractivity contribution in [1.29, 1.82) is 0 Å². The number of anilines is 2. The number of sulfone groups is 1. The van der Waals surface area contributed by atoms with E-state index in [0.29, 0.717) is 0 Å². The first-order valence-electron chi connectivity index (χ1n) is 5.71. The normalized spacial score (nSPS) is 11.4. The first-order valence-corrected chi connectivity index (χ1v) is 8.35. The molecule has 0 amide bonds. The van der Waals surface area contributed by atoms with Crippen LogP contribution in [0.5, 0.6) is 0 Å². The summed E-state index contributed by atoms with van der Waals surface area (Å²) in [5.74, 6) is 0.177. The highest BCUT2D eigenvalue weighted by Gasteiger charge is 2.19. The number of nitrogens with zero attached hydrogens (tertiary/aromatic N) is 2. The molecule has 1 heterocycles. The number of aliphatic hydroxyl groups excluding tert-OH is 1. The van der Waals surface area contributed by atoms with Gasteiger partial charge in [-0.25, -0.2) is 13.4 Å². The molecular formula is C12H11Cl2N3O3S. The minimum atomic E-state index is -3.56. The summed E-state index contributed by atoms with van der Waals surface area (Å²) in [7, 11) is -3.56. The van der Waals surface area contributed by atoms with Crippen LogP contribution in [0.4, 0.5) is 11.5 Å². The van der Waals surface area contributed by atoms with Gasteiger partial charge in [-0.05, 0) is 23.2 Å². The molecule has 112 valence electrons. The van der Waals surface area contributed by atoms with Gasteiger partial charge < -0.3 is 10.4 Å². The summed E-state index contributed by atoms with van der Waals surface area (Å²) in [6.07, 6.45) is 2.36. The van der Waals surface area contributed by atoms with Gasteiger partial charge in [-0.15, -0.1) is 0 Å². The van der Waals surface area contributed by atoms with Gasteiger partial charge in [0.15, 0.2) is 15.7 Å². The summed E-state index contributed by atoms with van der Waals surface area (Å²) in [5.41, 5.74) is 0.527. The largest absolute Gasteiger partial charge is 0.392 e. The van der Waals surface area contributed by atoms with E-state index in [1.165, 1.54) is 12.3 Å². The molecule has 0 saturated carbocycles. The van der Waals surface area contributed by atoms with Gasteiger partial charge in [-0.1, -0.05) is 23.7 Å². The van der Waals surface area contributed by atoms with Crippen LogP contribution in [0.15, 0.2) is 29.3 Å². The van der Waals surface area contributed by atoms with Crippen molar-refractivity contribution in [2.45, 2.75) is 11.5 Å². The highest BCUT2D eigenvalue weighted by molar-refractivity contribution is 7.91. The number of hydrogen-bond donors (Lipinski definition) is 2. The molecule has 0 atom stereocenters. The Labute approximate surface area is 131 Å². The topological polar surface area (TPSA) is 92.2 Å². The van der Waals surface area contributed by atoms with Crippen molar-refractivity contribution >= 4 is 44.5 Å². The standard InChI is InChI=1S/C12H11Cl2N3O3S/c1-21(19,20)10-7(6-18)3-2-4-9(10)16-11-8(13)5-15-12(14)17-11/h2-5,18H,6H2,1H3,(H,15,16,17). The molecule has 0 saturated heterocycles. The molecule has 21 heavy (non-hydrogen) atoms. The molecule has 0 spiro atoms. The maximum atomic E-state index is 11.9. The summed E-state index contributed by atoms with van der Waals surface area (Å²) in [6.45, 7) is -0.407. The highest BCUT2D eigenvalue weighted by Crippen LogP contribution is 2.30. The second-order valence-electron chi connectivity index (χ2n) is 4.18. The predicted molar refractivity (Wildman–Crippen MR) is 80.8 cm³/mol. The Hall–Kier alpha value is -1.41. The average molecular weight is 348 g/mol. The number of hydrogen-bond acceptors (Lipinski definition) is 6. The number of benzene rings is 1. The molecule has 0 bridgehead atoms. The lowest BCUT2D eigenvalue weighted by atomic mass is 10.2. The van der Waals surface area contributed by atoms with E-state index in [9.17, 15) is 13.5 Å². The van der Waals surface area contributed by atoms with E-state index in [0.717, 1.165) is 6.26 Å². The van der Waals surface area contributed by atoms with E-state index in [1.807, 2.05) is 0 Å². The van der Waals surface area contributed by atoms with Crippen molar-refractivity contribution in [2.75, 3.05) is 11.6 Å². The minimum Gasteiger partial charge on any atom is -0.392 e. The molecule has 6 nitrogen and oxygen atoms in total. The van der Waals surface area contributed by atoms with Crippen molar-refractivity contribution in [3.05, 3.63) is 40.3 Å². The smallest absolute Gasteiger partial charge is 0.224 e. The molecule has 2 N–H and O–H groups in total. The molecule has 2 aromatic rings. The Morgan fingerprint density at radius 2 is 2.05 bits per heavy atom. The van der Waals surface area contributed by atoms with Crippen molar-refractivity contribution < 1.29 is 13.5 Å². The Kier molecular flexibility index (Phi) is 4.67. The molecule has 0 unspecified atom stereocenters. The quantitative estimate of drug-likeness (QED) is 0.825. The minimum absolute atomic E-state index is 0.0155. The first-order chi connectivity index (χ1) is 9.82. The number of halogens is 2. The van der Waals surface area contributed by atoms with Gasteiger partial charge in [0.2, 0.25) is 5.28 Å². The van der Waals surface area contributed by atoms with Crippen LogP contribution in [0.3, 0.4) is 0 Å². The first kappa shape index (κ1) is 16.0. The molecule has 1 aromatic heterocycles. The van der Waals surface area contributed by atoms with E-state index in [2.05, 4.69) is 15.3 Å². The van der Waals surface area contributed by atoms with Crippen LogP contribution in [-0.4, -0.2) is 29.7 Å². The summed E-state index contributed by atoms with van der Waals surface area (Å²) < 4.78 is 23.9. The third-order valence-electron chi connectivity index (χ3n) is 2.61. The highest BCUT2D eigenvalue weighted by atomic mass is 35.5. The fourth-order valence-corrected chi connectivity index (χ4v) is 3.21. The zero-order chi connectivity index (χ0) is 15.6. The molecule has 0 fully saturated rings. The monoisotopic (exact) mass is 347 g/mol. The summed E-state index contributed by atoms with van der Waals surface area (Å²) in [4.78, 5) is 7.60. The summed E-state index contributed by atoms with van der Waals surface area (Å²) in [6, 6.07) is 4.68. The van der Waals surface area contributed by atoms with Crippen LogP contribution >= 0.6 is 23.2 Å². The van der Waals surface area contributed by atoms with Gasteiger partial charge in [-0.2, -0.15) is 4.98 Å². The van der Waals surface area contributed by atoms with E-state index in [4.69, 9.17) is 23.2 Å². The molecule has 0 radical (unpaired) electrons. The lowest BCUT2D eigenvalue weighted by molar-refractivity contribution is 0.278. The molecule has 0 aliphatic rings. The van der Waals surface area contributed by atoms with Crippen molar-refractivity contribution in [3.8, 4) is 0 Å². The van der Waals surface area contributed by atoms with Crippen LogP contribution in [0.2, 0.25) is 10.3 Å². The molecule has 1 aromatic carbocycles. The van der Waals surface area contributed by atoms with Gasteiger partial charge >= 0.3 is 0 Å². The van der Waals surface area contributed by atoms with E-state index >= 15 is 0 Å². The molecule has 2 rings (SSSR count). The van der Waals surface area contributed by atoms with Crippen molar-refractivity contribution in [2.24, 2.45) is 0 Å². The lowest BCUT2D eigenvalue weighted by Gasteiger charge is -2.14. The van der Waals surface area contributed by atoms with E-state index in [1.54, 1.807) is 12.1 Å². The van der Waals surface area contributed by atoms with Crippen molar-refractivity contribution in [1.82, 2.24) is 9.97 Å². The predicted octanol–water partition coefficient (Wildman–Crippen LogP) is 2.42. The van der Waals surface area contributed by atoms with Gasteiger partial charge in [0, 0.05) is 6.26 Å². The van der Waals surface area contributed by atoms with Crippen molar-refractivity contribution in [3.63, 3.8) is 0 Å². The van der Waals surface area contributed by atoms with Gasteiger partial charge in [-0.3, -0.25) is 0 Å². The lowest BCUT2D eigenvalue weighted by Crippen LogP contribution is -2.08. The Morgan fingerprint density at radius 1 is 1.33 bits per heavy atom. The van der Waals surface area contributed by atoms with E-state index in [-0.39, 0.29) is 32.3 Å². The Balaban J connectivity index is 2.57. The molecule has 9 heteroatoms. The van der Waals surface area contributed by atoms with E-state index < -0.39 is 16.4 Å². The van der Waals surface area contributed by atoms with Crippen LogP contribution in [0.25, 0.3) is 0 Å². The molecule has 0 aliphatic carbocycles. The number of nitrogens with one attached hydrogen (secondary N) is 1. The van der Waals surface area contributed by atoms with Gasteiger partial charge in [0.1, 0.15) is 5.02 Å². The van der Waals surface area contributed by atoms with Gasteiger partial charge in [0.25, 0.3) is 0 Å². The zero-order valence-electron chi connectivity index (χ0n) is 10.8. The number of aromatic nitrogens is 2. The zero-order valence-corrected chi connectivity index (χ0v) is 13.2. The van der Waals surface area contributed by atoms with Crippen LogP contribution < -0.4 is 5.32 Å². The van der Waals surface area contributed by atoms with Crippen LogP contribution in [-0.2, 0) is 16.4 Å². The fourth-order valence-electron chi connectivity index (χ4n) is 1.81. The third-order valence-corrected chi connectivity index (χ3v) is 4.29. The maximum absolute atomic E-state index is 11.9. The van der Waals surface area contributed by atoms with Crippen LogP contribution in [0.1, 0.15) is 5.56 Å². The second-order valence-corrected chi connectivity index (χ2v) is 6.88. The molecular weight excluding hydrogens is 337 g/mol.